The van der Waals surface area contributed by atoms with E-state index in [1.165, 1.54) is 0 Å². The van der Waals surface area contributed by atoms with Crippen LogP contribution in [0.1, 0.15) is 5.69 Å². The largest absolute Gasteiger partial charge is 0.383 e. The molecular formula is C12H13N3O. The van der Waals surface area contributed by atoms with E-state index in [9.17, 15) is 4.79 Å². The molecular weight excluding hydrogens is 202 g/mol. The van der Waals surface area contributed by atoms with Crippen molar-refractivity contribution in [1.29, 1.82) is 0 Å². The van der Waals surface area contributed by atoms with Crippen molar-refractivity contribution in [1.82, 2.24) is 14.9 Å². The first kappa shape index (κ1) is 10.4. The molecule has 0 atom stereocenters. The molecule has 0 radical (unpaired) electrons. The molecule has 1 aromatic carbocycles. The Balaban J connectivity index is 2.54. The van der Waals surface area contributed by atoms with Gasteiger partial charge >= 0.3 is 0 Å². The topological polar surface area (TPSA) is 49.0 Å². The summed E-state index contributed by atoms with van der Waals surface area (Å²) >= 11 is 0. The van der Waals surface area contributed by atoms with Crippen molar-refractivity contribution in [3.8, 4) is 0 Å². The molecule has 0 bridgehead atoms. The van der Waals surface area contributed by atoms with Gasteiger partial charge < -0.3 is 9.88 Å². The maximum Gasteiger partial charge on any atom is 0.274 e. The van der Waals surface area contributed by atoms with Crippen LogP contribution in [0.3, 0.4) is 0 Å². The first-order valence-corrected chi connectivity index (χ1v) is 5.00. The molecule has 4 heteroatoms. The van der Waals surface area contributed by atoms with Gasteiger partial charge in [-0.15, -0.1) is 0 Å². The Bertz CT molecular complexity index is 584. The predicted molar refractivity (Wildman–Crippen MR) is 65.1 cm³/mol. The summed E-state index contributed by atoms with van der Waals surface area (Å²) in [5.74, 6) is 0. The maximum atomic E-state index is 11.7. The normalized spacial score (nSPS) is 11.1. The smallest absolute Gasteiger partial charge is 0.274 e. The Labute approximate surface area is 93.2 Å². The first-order valence-electron chi connectivity index (χ1n) is 5.00. The van der Waals surface area contributed by atoms with Crippen LogP contribution in [0.4, 0.5) is 0 Å². The molecule has 0 aliphatic rings. The quantitative estimate of drug-likeness (QED) is 0.825. The standard InChI is InChI=1S/C12H13N3O/c1-15(2)8-7-11-12(16)14-10-6-4-3-5-9(10)13-11/h3-8H,1-2H3,(H,14,16)/b8-7+. The van der Waals surface area contributed by atoms with Crippen LogP contribution in [0.2, 0.25) is 0 Å². The number of nitrogens with zero attached hydrogens (tertiary/aromatic N) is 2. The second-order valence-corrected chi connectivity index (χ2v) is 3.75. The van der Waals surface area contributed by atoms with Crippen LogP contribution in [-0.2, 0) is 0 Å². The van der Waals surface area contributed by atoms with Crippen molar-refractivity contribution in [2.24, 2.45) is 0 Å². The zero-order valence-electron chi connectivity index (χ0n) is 9.27. The number of para-hydroxylation sites is 2. The third kappa shape index (κ3) is 2.11. The summed E-state index contributed by atoms with van der Waals surface area (Å²) in [7, 11) is 3.79. The number of nitrogens with one attached hydrogen (secondary N) is 1. The highest BCUT2D eigenvalue weighted by Gasteiger charge is 2.00. The van der Waals surface area contributed by atoms with Gasteiger partial charge in [0, 0.05) is 20.3 Å². The summed E-state index contributed by atoms with van der Waals surface area (Å²) in [6, 6.07) is 7.48. The third-order valence-electron chi connectivity index (χ3n) is 2.16. The molecule has 0 aliphatic heterocycles. The van der Waals surface area contributed by atoms with E-state index >= 15 is 0 Å². The van der Waals surface area contributed by atoms with Gasteiger partial charge in [-0.05, 0) is 18.2 Å². The molecule has 1 aromatic heterocycles. The van der Waals surface area contributed by atoms with Crippen molar-refractivity contribution in [2.45, 2.75) is 0 Å². The molecule has 1 heterocycles. The van der Waals surface area contributed by atoms with Crippen LogP contribution in [0.5, 0.6) is 0 Å². The zero-order valence-corrected chi connectivity index (χ0v) is 9.27. The fourth-order valence-corrected chi connectivity index (χ4v) is 1.38. The molecule has 0 aliphatic carbocycles. The Morgan fingerprint density at radius 3 is 2.81 bits per heavy atom. The number of benzene rings is 1. The lowest BCUT2D eigenvalue weighted by atomic mass is 10.3. The highest BCUT2D eigenvalue weighted by Crippen LogP contribution is 2.06. The minimum atomic E-state index is -0.170. The summed E-state index contributed by atoms with van der Waals surface area (Å²) in [5.41, 5.74) is 1.80. The van der Waals surface area contributed by atoms with E-state index in [0.717, 1.165) is 11.0 Å². The highest BCUT2D eigenvalue weighted by atomic mass is 16.1. The molecule has 0 spiro atoms. The maximum absolute atomic E-state index is 11.7. The number of fused-ring (bicyclic) bond motifs is 1. The average molecular weight is 215 g/mol. The molecule has 0 fully saturated rings. The molecule has 0 amide bonds. The minimum Gasteiger partial charge on any atom is -0.383 e. The Morgan fingerprint density at radius 2 is 2.06 bits per heavy atom. The van der Waals surface area contributed by atoms with Gasteiger partial charge in [0.25, 0.3) is 5.56 Å². The SMILES string of the molecule is CN(C)/C=C/c1nc2ccccc2[nH]c1=O. The molecule has 2 aromatic rings. The van der Waals surface area contributed by atoms with Gasteiger partial charge in [0.15, 0.2) is 0 Å². The highest BCUT2D eigenvalue weighted by molar-refractivity contribution is 5.74. The van der Waals surface area contributed by atoms with Crippen LogP contribution in [0, 0.1) is 0 Å². The van der Waals surface area contributed by atoms with Crippen LogP contribution in [-0.4, -0.2) is 29.0 Å². The van der Waals surface area contributed by atoms with E-state index in [2.05, 4.69) is 9.97 Å². The Kier molecular flexibility index (Phi) is 2.72. The summed E-state index contributed by atoms with van der Waals surface area (Å²) in [6.07, 6.45) is 3.50. The van der Waals surface area contributed by atoms with Crippen molar-refractivity contribution in [3.63, 3.8) is 0 Å². The molecule has 82 valence electrons. The van der Waals surface area contributed by atoms with Gasteiger partial charge in [0.2, 0.25) is 0 Å². The van der Waals surface area contributed by atoms with Gasteiger partial charge in [0.05, 0.1) is 11.0 Å². The van der Waals surface area contributed by atoms with Gasteiger partial charge in [0.1, 0.15) is 5.69 Å². The van der Waals surface area contributed by atoms with E-state index in [1.807, 2.05) is 43.3 Å². The van der Waals surface area contributed by atoms with E-state index in [4.69, 9.17) is 0 Å². The monoisotopic (exact) mass is 215 g/mol. The first-order chi connectivity index (χ1) is 7.66. The second kappa shape index (κ2) is 4.18. The van der Waals surface area contributed by atoms with Gasteiger partial charge in [-0.1, -0.05) is 12.1 Å². The summed E-state index contributed by atoms with van der Waals surface area (Å²) < 4.78 is 0. The van der Waals surface area contributed by atoms with Gasteiger partial charge in [-0.25, -0.2) is 4.98 Å². The summed E-state index contributed by atoms with van der Waals surface area (Å²) in [4.78, 5) is 20.6. The minimum absolute atomic E-state index is 0.170. The molecule has 0 saturated heterocycles. The molecule has 0 saturated carbocycles. The van der Waals surface area contributed by atoms with Crippen LogP contribution < -0.4 is 5.56 Å². The third-order valence-corrected chi connectivity index (χ3v) is 2.16. The van der Waals surface area contributed by atoms with Crippen LogP contribution in [0.25, 0.3) is 17.1 Å². The lowest BCUT2D eigenvalue weighted by Gasteiger charge is -2.03. The summed E-state index contributed by atoms with van der Waals surface area (Å²) in [6.45, 7) is 0. The number of hydrogen-bond acceptors (Lipinski definition) is 3. The molecule has 2 rings (SSSR count). The van der Waals surface area contributed by atoms with Gasteiger partial charge in [-0.2, -0.15) is 0 Å². The second-order valence-electron chi connectivity index (χ2n) is 3.75. The number of hydrogen-bond donors (Lipinski definition) is 1. The number of aromatic amines is 1. The number of aromatic nitrogens is 2. The molecule has 0 unspecified atom stereocenters. The fraction of sp³-hybridized carbons (Fsp3) is 0.167. The zero-order chi connectivity index (χ0) is 11.5. The van der Waals surface area contributed by atoms with Crippen molar-refractivity contribution < 1.29 is 0 Å². The van der Waals surface area contributed by atoms with Crippen LogP contribution in [0.15, 0.2) is 35.3 Å². The summed E-state index contributed by atoms with van der Waals surface area (Å²) in [5, 5.41) is 0. The lowest BCUT2D eigenvalue weighted by molar-refractivity contribution is 0.567. The van der Waals surface area contributed by atoms with Crippen molar-refractivity contribution in [2.75, 3.05) is 14.1 Å². The Morgan fingerprint density at radius 1 is 1.31 bits per heavy atom. The lowest BCUT2D eigenvalue weighted by Crippen LogP contribution is -2.12. The van der Waals surface area contributed by atoms with Crippen molar-refractivity contribution in [3.05, 3.63) is 46.5 Å². The van der Waals surface area contributed by atoms with E-state index in [0.29, 0.717) is 5.69 Å². The van der Waals surface area contributed by atoms with E-state index < -0.39 is 0 Å². The predicted octanol–water partition coefficient (Wildman–Crippen LogP) is 1.46. The van der Waals surface area contributed by atoms with Crippen LogP contribution >= 0.6 is 0 Å². The molecule has 16 heavy (non-hydrogen) atoms. The number of H-pyrrole nitrogens is 1. The molecule has 1 N–H and O–H groups in total. The van der Waals surface area contributed by atoms with E-state index in [-0.39, 0.29) is 5.56 Å². The average Bonchev–Trinajstić information content (AvgIpc) is 2.26. The van der Waals surface area contributed by atoms with E-state index in [1.54, 1.807) is 12.3 Å². The molecule has 4 nitrogen and oxygen atoms in total. The Hall–Kier alpha value is -2.10. The number of rotatable bonds is 2. The van der Waals surface area contributed by atoms with Crippen molar-refractivity contribution >= 4 is 17.1 Å². The fourth-order valence-electron chi connectivity index (χ4n) is 1.38. The van der Waals surface area contributed by atoms with Gasteiger partial charge in [-0.3, -0.25) is 4.79 Å².